The van der Waals surface area contributed by atoms with Crippen molar-refractivity contribution in [1.82, 2.24) is 5.06 Å². The average Bonchev–Trinajstić information content (AvgIpc) is 2.65. The summed E-state index contributed by atoms with van der Waals surface area (Å²) in [7, 11) is 0.906. The monoisotopic (exact) mass is 406 g/mol. The largest absolute Gasteiger partial charge is 0.504 e. The molecule has 0 fully saturated rings. The summed E-state index contributed by atoms with van der Waals surface area (Å²) in [5, 5.41) is 60.7. The van der Waals surface area contributed by atoms with Crippen LogP contribution in [0, 0.1) is 10.1 Å². The molecular weight excluding hydrogens is 388 g/mol. The number of aliphatic hydroxyl groups is 1. The summed E-state index contributed by atoms with van der Waals surface area (Å²) in [5.41, 5.74) is -2.82. The van der Waals surface area contributed by atoms with Crippen molar-refractivity contribution in [2.75, 3.05) is 7.05 Å². The number of nitro groups is 1. The zero-order valence-corrected chi connectivity index (χ0v) is 15.1. The normalized spacial score (nSPS) is 12.8. The molecule has 0 radical (unpaired) electrons. The smallest absolute Gasteiger partial charge is 0.313 e. The van der Waals surface area contributed by atoms with Crippen LogP contribution in [0.2, 0.25) is 0 Å². The van der Waals surface area contributed by atoms with E-state index in [2.05, 4.69) is 0 Å². The Morgan fingerprint density at radius 1 is 1.14 bits per heavy atom. The van der Waals surface area contributed by atoms with E-state index < -0.39 is 57.9 Å². The van der Waals surface area contributed by atoms with Crippen LogP contribution in [0.5, 0.6) is 17.2 Å². The fourth-order valence-electron chi connectivity index (χ4n) is 2.84. The molecule has 0 saturated heterocycles. The van der Waals surface area contributed by atoms with E-state index >= 15 is 0 Å². The van der Waals surface area contributed by atoms with Gasteiger partial charge < -0.3 is 20.4 Å². The number of nitrogens with zero attached hydrogens (tertiary/aromatic N) is 2. The molecule has 2 aromatic carbocycles. The van der Waals surface area contributed by atoms with E-state index in [0.29, 0.717) is 0 Å². The second kappa shape index (κ2) is 8.12. The zero-order chi connectivity index (χ0) is 21.9. The van der Waals surface area contributed by atoms with E-state index in [1.165, 1.54) is 18.2 Å². The van der Waals surface area contributed by atoms with Crippen LogP contribution in [0.4, 0.5) is 5.69 Å². The summed E-state index contributed by atoms with van der Waals surface area (Å²) in [4.78, 5) is 34.2. The van der Waals surface area contributed by atoms with Crippen LogP contribution in [-0.2, 0) is 21.6 Å². The third kappa shape index (κ3) is 4.59. The lowest BCUT2D eigenvalue weighted by Crippen LogP contribution is -2.38. The van der Waals surface area contributed by atoms with Gasteiger partial charge in [0.1, 0.15) is 5.60 Å². The van der Waals surface area contributed by atoms with Crippen LogP contribution in [0.15, 0.2) is 36.4 Å². The standard InChI is InChI=1S/C18H18N2O9/c1-19(27)17(25)14(22)9-18(26,12-5-6-13(21)16(24)15(12)23)8-10-3-2-4-11(7-10)20(28)29/h2-7,21,23-24,26-27H,8-9H2,1H3/t18-/m1/s1. The highest BCUT2D eigenvalue weighted by Gasteiger charge is 2.38. The van der Waals surface area contributed by atoms with Crippen molar-refractivity contribution in [2.24, 2.45) is 0 Å². The van der Waals surface area contributed by atoms with E-state index in [1.54, 1.807) is 0 Å². The number of aromatic hydroxyl groups is 3. The van der Waals surface area contributed by atoms with Crippen molar-refractivity contribution < 1.29 is 40.1 Å². The van der Waals surface area contributed by atoms with Gasteiger partial charge in [-0.15, -0.1) is 0 Å². The van der Waals surface area contributed by atoms with Gasteiger partial charge in [-0.1, -0.05) is 12.1 Å². The third-order valence-corrected chi connectivity index (χ3v) is 4.23. The Morgan fingerprint density at radius 3 is 2.38 bits per heavy atom. The first-order valence-corrected chi connectivity index (χ1v) is 8.16. The van der Waals surface area contributed by atoms with Crippen LogP contribution in [0.25, 0.3) is 0 Å². The predicted molar refractivity (Wildman–Crippen MR) is 96.3 cm³/mol. The van der Waals surface area contributed by atoms with Gasteiger partial charge in [-0.25, -0.2) is 5.06 Å². The number of carbonyl (C=O) groups is 2. The lowest BCUT2D eigenvalue weighted by atomic mass is 9.82. The second-order valence-electron chi connectivity index (χ2n) is 6.39. The van der Waals surface area contributed by atoms with Gasteiger partial charge in [0.15, 0.2) is 11.5 Å². The number of phenols is 3. The minimum Gasteiger partial charge on any atom is -0.504 e. The molecule has 0 spiro atoms. The van der Waals surface area contributed by atoms with E-state index in [9.17, 15) is 40.1 Å². The van der Waals surface area contributed by atoms with Crippen LogP contribution < -0.4 is 0 Å². The quantitative estimate of drug-likeness (QED) is 0.147. The van der Waals surface area contributed by atoms with E-state index in [1.807, 2.05) is 0 Å². The topological polar surface area (TPSA) is 182 Å². The molecule has 0 aromatic heterocycles. The molecule has 1 amide bonds. The van der Waals surface area contributed by atoms with Gasteiger partial charge in [-0.2, -0.15) is 0 Å². The van der Waals surface area contributed by atoms with Gasteiger partial charge in [0, 0.05) is 37.6 Å². The number of amides is 1. The molecule has 2 rings (SSSR count). The van der Waals surface area contributed by atoms with Crippen LogP contribution in [0.1, 0.15) is 17.5 Å². The summed E-state index contributed by atoms with van der Waals surface area (Å²) in [6.45, 7) is 0. The maximum atomic E-state index is 12.2. The number of benzene rings is 2. The maximum absolute atomic E-state index is 12.2. The van der Waals surface area contributed by atoms with Gasteiger partial charge in [0.25, 0.3) is 5.69 Å². The Hall–Kier alpha value is -3.70. The molecule has 0 unspecified atom stereocenters. The number of likely N-dealkylation sites (N-methyl/N-ethyl adjacent to an activating group) is 1. The van der Waals surface area contributed by atoms with Gasteiger partial charge in [0.05, 0.1) is 4.92 Å². The lowest BCUT2D eigenvalue weighted by molar-refractivity contribution is -0.384. The van der Waals surface area contributed by atoms with Crippen LogP contribution in [-0.4, -0.2) is 54.4 Å². The molecule has 1 atom stereocenters. The highest BCUT2D eigenvalue weighted by molar-refractivity contribution is 6.35. The van der Waals surface area contributed by atoms with E-state index in [4.69, 9.17) is 5.21 Å². The molecule has 0 aliphatic rings. The Labute approximate surface area is 163 Å². The number of hydrogen-bond donors (Lipinski definition) is 5. The number of nitro benzene ring substituents is 1. The minimum atomic E-state index is -2.31. The maximum Gasteiger partial charge on any atom is 0.313 e. The number of non-ortho nitro benzene ring substituents is 1. The molecule has 29 heavy (non-hydrogen) atoms. The van der Waals surface area contributed by atoms with Crippen molar-refractivity contribution in [3.05, 3.63) is 57.6 Å². The highest BCUT2D eigenvalue weighted by Crippen LogP contribution is 2.44. The van der Waals surface area contributed by atoms with Gasteiger partial charge in [-0.05, 0) is 17.7 Å². The van der Waals surface area contributed by atoms with Gasteiger partial charge in [-0.3, -0.25) is 24.9 Å². The number of ketones is 1. The van der Waals surface area contributed by atoms with Gasteiger partial charge >= 0.3 is 5.91 Å². The van der Waals surface area contributed by atoms with Gasteiger partial charge in [0.2, 0.25) is 11.5 Å². The van der Waals surface area contributed by atoms with Crippen molar-refractivity contribution in [2.45, 2.75) is 18.4 Å². The first-order chi connectivity index (χ1) is 13.5. The first-order valence-electron chi connectivity index (χ1n) is 8.16. The van der Waals surface area contributed by atoms with Crippen molar-refractivity contribution >= 4 is 17.4 Å². The summed E-state index contributed by atoms with van der Waals surface area (Å²) in [6.07, 6.45) is -1.40. The molecule has 0 heterocycles. The molecule has 5 N–H and O–H groups in total. The Kier molecular flexibility index (Phi) is 6.05. The molecule has 154 valence electrons. The van der Waals surface area contributed by atoms with Crippen molar-refractivity contribution in [3.8, 4) is 17.2 Å². The summed E-state index contributed by atoms with van der Waals surface area (Å²) in [6, 6.07) is 7.08. The molecule has 11 heteroatoms. The fourth-order valence-corrected chi connectivity index (χ4v) is 2.84. The molecule has 0 aliphatic heterocycles. The summed E-state index contributed by atoms with van der Waals surface area (Å²) in [5.74, 6) is -5.16. The number of hydroxylamine groups is 2. The number of hydrogen-bond acceptors (Lipinski definition) is 9. The van der Waals surface area contributed by atoms with Crippen LogP contribution in [0.3, 0.4) is 0 Å². The van der Waals surface area contributed by atoms with Crippen molar-refractivity contribution in [3.63, 3.8) is 0 Å². The number of Topliss-reactive ketones (excluding diaryl/α,β-unsaturated/α-hetero) is 1. The first kappa shape index (κ1) is 21.6. The number of rotatable bonds is 7. The average molecular weight is 406 g/mol. The molecule has 2 aromatic rings. The molecule has 0 bridgehead atoms. The number of carbonyl (C=O) groups excluding carboxylic acids is 2. The Morgan fingerprint density at radius 2 is 1.79 bits per heavy atom. The van der Waals surface area contributed by atoms with E-state index in [-0.39, 0.29) is 16.3 Å². The summed E-state index contributed by atoms with van der Waals surface area (Å²) < 4.78 is 0. The summed E-state index contributed by atoms with van der Waals surface area (Å²) >= 11 is 0. The fraction of sp³-hybridized carbons (Fsp3) is 0.222. The predicted octanol–water partition coefficient (Wildman–Crippen LogP) is 0.949. The zero-order valence-electron chi connectivity index (χ0n) is 15.1. The Balaban J connectivity index is 2.55. The minimum absolute atomic E-state index is 0.0181. The molecule has 0 saturated carbocycles. The third-order valence-electron chi connectivity index (χ3n) is 4.23. The highest BCUT2D eigenvalue weighted by atomic mass is 16.6. The molecule has 0 aliphatic carbocycles. The SMILES string of the molecule is CN(O)C(=O)C(=O)C[C@](O)(Cc1cccc([N+](=O)[O-])c1)c1ccc(O)c(O)c1O. The second-order valence-corrected chi connectivity index (χ2v) is 6.39. The Bertz CT molecular complexity index is 974. The van der Waals surface area contributed by atoms with Crippen LogP contribution >= 0.6 is 0 Å². The molecule has 11 nitrogen and oxygen atoms in total. The lowest BCUT2D eigenvalue weighted by Gasteiger charge is -2.29. The molecular formula is C18H18N2O9. The number of phenolic OH excluding ortho intramolecular Hbond substituents is 3. The van der Waals surface area contributed by atoms with E-state index in [0.717, 1.165) is 25.2 Å². The van der Waals surface area contributed by atoms with Crippen molar-refractivity contribution in [1.29, 1.82) is 0 Å².